The standard InChI is InChI=1S/C17H13FN4O4S/c18-10-4-6-11(7-5-10)20-17-21-16(24)14(27-17)9-15(23)19-12-2-1-3-13(8-12)22(25)26/h1-8,14H,9H2,(H,19,23)(H,20,21,24)/t14-/m0/s1. The molecule has 1 atom stereocenters. The lowest BCUT2D eigenvalue weighted by atomic mass is 10.2. The summed E-state index contributed by atoms with van der Waals surface area (Å²) >= 11 is 1.09. The third-order valence-electron chi connectivity index (χ3n) is 3.55. The van der Waals surface area contributed by atoms with E-state index in [4.69, 9.17) is 0 Å². The van der Waals surface area contributed by atoms with Crippen molar-refractivity contribution >= 4 is 45.8 Å². The summed E-state index contributed by atoms with van der Waals surface area (Å²) in [7, 11) is 0. The fourth-order valence-corrected chi connectivity index (χ4v) is 3.29. The molecule has 0 radical (unpaired) electrons. The lowest BCUT2D eigenvalue weighted by Gasteiger charge is -2.07. The van der Waals surface area contributed by atoms with Gasteiger partial charge in [-0.1, -0.05) is 17.8 Å². The van der Waals surface area contributed by atoms with E-state index >= 15 is 0 Å². The van der Waals surface area contributed by atoms with Crippen LogP contribution in [0.4, 0.5) is 21.5 Å². The third-order valence-corrected chi connectivity index (χ3v) is 4.63. The van der Waals surface area contributed by atoms with E-state index in [9.17, 15) is 24.1 Å². The first-order chi connectivity index (χ1) is 12.9. The number of hydrogen-bond donors (Lipinski definition) is 2. The third kappa shape index (κ3) is 4.88. The van der Waals surface area contributed by atoms with E-state index in [1.807, 2.05) is 0 Å². The highest BCUT2D eigenvalue weighted by Crippen LogP contribution is 2.26. The summed E-state index contributed by atoms with van der Waals surface area (Å²) in [6, 6.07) is 11.0. The molecule has 2 N–H and O–H groups in total. The SMILES string of the molecule is O=C(C[C@@H]1SC(=Nc2ccc(F)cc2)NC1=O)Nc1cccc([N+](=O)[O-])c1. The number of nitrogens with one attached hydrogen (secondary N) is 2. The fourth-order valence-electron chi connectivity index (χ4n) is 2.30. The lowest BCUT2D eigenvalue weighted by Crippen LogP contribution is -2.28. The van der Waals surface area contributed by atoms with Crippen LogP contribution in [0, 0.1) is 15.9 Å². The molecule has 1 saturated heterocycles. The van der Waals surface area contributed by atoms with Crippen molar-refractivity contribution in [3.05, 3.63) is 64.5 Å². The average molecular weight is 388 g/mol. The van der Waals surface area contributed by atoms with E-state index in [0.29, 0.717) is 10.9 Å². The van der Waals surface area contributed by atoms with Gasteiger partial charge in [-0.15, -0.1) is 0 Å². The monoisotopic (exact) mass is 388 g/mol. The first-order valence-electron chi connectivity index (χ1n) is 7.77. The Morgan fingerprint density at radius 3 is 2.74 bits per heavy atom. The molecule has 0 aromatic heterocycles. The van der Waals surface area contributed by atoms with Gasteiger partial charge in [0.2, 0.25) is 11.8 Å². The van der Waals surface area contributed by atoms with Crippen LogP contribution in [0.5, 0.6) is 0 Å². The van der Waals surface area contributed by atoms with E-state index in [0.717, 1.165) is 11.8 Å². The van der Waals surface area contributed by atoms with Crippen LogP contribution in [0.1, 0.15) is 6.42 Å². The van der Waals surface area contributed by atoms with Crippen molar-refractivity contribution in [1.29, 1.82) is 0 Å². The predicted octanol–water partition coefficient (Wildman–Crippen LogP) is 2.98. The smallest absolute Gasteiger partial charge is 0.271 e. The number of thioether (sulfide) groups is 1. The van der Waals surface area contributed by atoms with Crippen molar-refractivity contribution < 1.29 is 18.9 Å². The molecule has 3 rings (SSSR count). The lowest BCUT2D eigenvalue weighted by molar-refractivity contribution is -0.384. The molecule has 0 bridgehead atoms. The number of aliphatic imine (C=N–C) groups is 1. The van der Waals surface area contributed by atoms with Crippen molar-refractivity contribution in [1.82, 2.24) is 5.32 Å². The van der Waals surface area contributed by atoms with E-state index in [-0.39, 0.29) is 23.7 Å². The normalized spacial score (nSPS) is 17.6. The summed E-state index contributed by atoms with van der Waals surface area (Å²) in [6.07, 6.45) is -0.123. The quantitative estimate of drug-likeness (QED) is 0.604. The topological polar surface area (TPSA) is 114 Å². The Morgan fingerprint density at radius 2 is 2.04 bits per heavy atom. The predicted molar refractivity (Wildman–Crippen MR) is 99.4 cm³/mol. The molecule has 27 heavy (non-hydrogen) atoms. The fraction of sp³-hybridized carbons (Fsp3) is 0.118. The number of carbonyl (C=O) groups excluding carboxylic acids is 2. The first-order valence-corrected chi connectivity index (χ1v) is 8.65. The minimum atomic E-state index is -0.678. The summed E-state index contributed by atoms with van der Waals surface area (Å²) in [5, 5.41) is 15.5. The minimum absolute atomic E-state index is 0.123. The number of rotatable bonds is 5. The number of nitrogens with zero attached hydrogens (tertiary/aromatic N) is 2. The second kappa shape index (κ2) is 7.96. The molecule has 8 nitrogen and oxygen atoms in total. The number of amidine groups is 1. The van der Waals surface area contributed by atoms with Crippen LogP contribution >= 0.6 is 11.8 Å². The summed E-state index contributed by atoms with van der Waals surface area (Å²) in [5.74, 6) is -1.21. The second-order valence-electron chi connectivity index (χ2n) is 5.55. The zero-order chi connectivity index (χ0) is 19.4. The van der Waals surface area contributed by atoms with Gasteiger partial charge < -0.3 is 10.6 Å². The molecular weight excluding hydrogens is 375 g/mol. The molecule has 1 fully saturated rings. The van der Waals surface area contributed by atoms with Gasteiger partial charge in [0.15, 0.2) is 5.17 Å². The molecule has 0 spiro atoms. The molecule has 10 heteroatoms. The number of carbonyl (C=O) groups is 2. The maximum absolute atomic E-state index is 12.9. The Bertz CT molecular complexity index is 933. The largest absolute Gasteiger partial charge is 0.326 e. The number of benzene rings is 2. The van der Waals surface area contributed by atoms with Crippen LogP contribution in [-0.2, 0) is 9.59 Å². The Balaban J connectivity index is 1.61. The van der Waals surface area contributed by atoms with Gasteiger partial charge in [-0.05, 0) is 30.3 Å². The molecule has 0 unspecified atom stereocenters. The van der Waals surface area contributed by atoms with Gasteiger partial charge in [-0.25, -0.2) is 9.38 Å². The molecule has 2 aromatic rings. The van der Waals surface area contributed by atoms with Gasteiger partial charge in [-0.2, -0.15) is 0 Å². The van der Waals surface area contributed by atoms with Crippen LogP contribution in [0.2, 0.25) is 0 Å². The number of amides is 2. The van der Waals surface area contributed by atoms with E-state index in [1.54, 1.807) is 0 Å². The van der Waals surface area contributed by atoms with Crippen molar-refractivity contribution in [3.63, 3.8) is 0 Å². The van der Waals surface area contributed by atoms with E-state index < -0.39 is 21.9 Å². The molecule has 0 saturated carbocycles. The molecule has 2 aromatic carbocycles. The van der Waals surface area contributed by atoms with E-state index in [2.05, 4.69) is 15.6 Å². The van der Waals surface area contributed by atoms with Gasteiger partial charge in [0.05, 0.1) is 10.6 Å². The van der Waals surface area contributed by atoms with Crippen molar-refractivity contribution in [2.45, 2.75) is 11.7 Å². The highest BCUT2D eigenvalue weighted by Gasteiger charge is 2.32. The van der Waals surface area contributed by atoms with Gasteiger partial charge in [-0.3, -0.25) is 19.7 Å². The number of nitro benzene ring substituents is 1. The molecule has 0 aliphatic carbocycles. The van der Waals surface area contributed by atoms with E-state index in [1.165, 1.54) is 48.5 Å². The highest BCUT2D eigenvalue weighted by molar-refractivity contribution is 8.15. The molecule has 2 amide bonds. The summed E-state index contributed by atoms with van der Waals surface area (Å²) in [6.45, 7) is 0. The van der Waals surface area contributed by atoms with Crippen LogP contribution in [-0.4, -0.2) is 27.2 Å². The zero-order valence-corrected chi connectivity index (χ0v) is 14.5. The number of hydrogen-bond acceptors (Lipinski definition) is 6. The number of nitro groups is 1. The Kier molecular flexibility index (Phi) is 5.46. The molecule has 1 heterocycles. The number of halogens is 1. The Morgan fingerprint density at radius 1 is 1.30 bits per heavy atom. The molecule has 138 valence electrons. The van der Waals surface area contributed by atoms with Gasteiger partial charge in [0, 0.05) is 24.2 Å². The maximum atomic E-state index is 12.9. The zero-order valence-electron chi connectivity index (χ0n) is 13.7. The van der Waals surface area contributed by atoms with Crippen LogP contribution < -0.4 is 10.6 Å². The van der Waals surface area contributed by atoms with Gasteiger partial charge >= 0.3 is 0 Å². The van der Waals surface area contributed by atoms with Crippen LogP contribution in [0.15, 0.2) is 53.5 Å². The van der Waals surface area contributed by atoms with Gasteiger partial charge in [0.25, 0.3) is 5.69 Å². The Labute approximate surface area is 157 Å². The second-order valence-corrected chi connectivity index (χ2v) is 6.74. The average Bonchev–Trinajstić information content (AvgIpc) is 2.96. The Hall–Kier alpha value is -3.27. The summed E-state index contributed by atoms with van der Waals surface area (Å²) in [5.41, 5.74) is 0.605. The summed E-state index contributed by atoms with van der Waals surface area (Å²) in [4.78, 5) is 38.6. The maximum Gasteiger partial charge on any atom is 0.271 e. The van der Waals surface area contributed by atoms with Crippen molar-refractivity contribution in [3.8, 4) is 0 Å². The van der Waals surface area contributed by atoms with Crippen molar-refractivity contribution in [2.75, 3.05) is 5.32 Å². The van der Waals surface area contributed by atoms with Crippen LogP contribution in [0.3, 0.4) is 0 Å². The highest BCUT2D eigenvalue weighted by atomic mass is 32.2. The molecular formula is C17H13FN4O4S. The first kappa shape index (κ1) is 18.5. The van der Waals surface area contributed by atoms with Crippen LogP contribution in [0.25, 0.3) is 0 Å². The molecule has 1 aliphatic rings. The van der Waals surface area contributed by atoms with Gasteiger partial charge in [0.1, 0.15) is 11.1 Å². The number of non-ortho nitro benzene ring substituents is 1. The molecule has 1 aliphatic heterocycles. The summed E-state index contributed by atoms with van der Waals surface area (Å²) < 4.78 is 12.9. The number of anilines is 1. The minimum Gasteiger partial charge on any atom is -0.326 e. The van der Waals surface area contributed by atoms with Crippen molar-refractivity contribution in [2.24, 2.45) is 4.99 Å².